The lowest BCUT2D eigenvalue weighted by molar-refractivity contribution is -0.140. The smallest absolute Gasteiger partial charge is 0.303 e. The lowest BCUT2D eigenvalue weighted by Crippen LogP contribution is -2.32. The van der Waals surface area contributed by atoms with Crippen LogP contribution >= 0.6 is 0 Å². The molecule has 2 unspecified atom stereocenters. The average molecular weight is 190 g/mol. The second-order valence-corrected chi connectivity index (χ2v) is 2.77. The quantitative estimate of drug-likeness (QED) is 0.527. The van der Waals surface area contributed by atoms with Crippen LogP contribution in [0.15, 0.2) is 0 Å². The van der Waals surface area contributed by atoms with Gasteiger partial charge in [0.15, 0.2) is 5.78 Å². The number of aliphatic carboxylic acids is 1. The van der Waals surface area contributed by atoms with Gasteiger partial charge in [0, 0.05) is 6.42 Å². The Morgan fingerprint density at radius 2 is 1.77 bits per heavy atom. The predicted molar refractivity (Wildman–Crippen MR) is 44.2 cm³/mol. The molecule has 0 aliphatic heterocycles. The standard InChI is InChI=1S/C8H14O5/c1-2-5(9)8(13)6(10)3-4-7(11)12/h5-6,9-10H,2-4H2,1H3,(H,11,12). The van der Waals surface area contributed by atoms with Crippen LogP contribution in [0, 0.1) is 0 Å². The van der Waals surface area contributed by atoms with Crippen LogP contribution in [0.2, 0.25) is 0 Å². The van der Waals surface area contributed by atoms with Crippen molar-refractivity contribution in [2.45, 2.75) is 38.4 Å². The fourth-order valence-electron chi connectivity index (χ4n) is 0.826. The van der Waals surface area contributed by atoms with Crippen LogP contribution in [-0.4, -0.2) is 39.3 Å². The number of aliphatic hydroxyl groups is 2. The molecule has 3 N–H and O–H groups in total. The Balaban J connectivity index is 3.89. The number of Topliss-reactive ketones (excluding diaryl/α,β-unsaturated/α-hetero) is 1. The first-order valence-electron chi connectivity index (χ1n) is 4.10. The van der Waals surface area contributed by atoms with Gasteiger partial charge in [0.1, 0.15) is 12.2 Å². The van der Waals surface area contributed by atoms with Crippen LogP contribution in [0.25, 0.3) is 0 Å². The van der Waals surface area contributed by atoms with Crippen LogP contribution < -0.4 is 0 Å². The zero-order valence-electron chi connectivity index (χ0n) is 7.43. The number of ketones is 1. The van der Waals surface area contributed by atoms with E-state index in [0.717, 1.165) is 0 Å². The lowest BCUT2D eigenvalue weighted by atomic mass is 10.0. The normalized spacial score (nSPS) is 15.0. The second kappa shape index (κ2) is 5.66. The van der Waals surface area contributed by atoms with Crippen molar-refractivity contribution in [1.82, 2.24) is 0 Å². The van der Waals surface area contributed by atoms with Crippen molar-refractivity contribution < 1.29 is 24.9 Å². The summed E-state index contributed by atoms with van der Waals surface area (Å²) < 4.78 is 0. The highest BCUT2D eigenvalue weighted by Gasteiger charge is 2.22. The molecule has 0 aromatic rings. The number of carbonyl (C=O) groups excluding carboxylic acids is 1. The number of hydrogen-bond acceptors (Lipinski definition) is 4. The molecule has 0 saturated carbocycles. The van der Waals surface area contributed by atoms with E-state index >= 15 is 0 Å². The van der Waals surface area contributed by atoms with Crippen LogP contribution in [0.3, 0.4) is 0 Å². The molecule has 0 saturated heterocycles. The zero-order chi connectivity index (χ0) is 10.4. The van der Waals surface area contributed by atoms with E-state index in [0.29, 0.717) is 0 Å². The molecule has 0 radical (unpaired) electrons. The highest BCUT2D eigenvalue weighted by atomic mass is 16.4. The molecule has 76 valence electrons. The van der Waals surface area contributed by atoms with Crippen molar-refractivity contribution in [1.29, 1.82) is 0 Å². The summed E-state index contributed by atoms with van der Waals surface area (Å²) in [6, 6.07) is 0. The second-order valence-electron chi connectivity index (χ2n) is 2.77. The minimum Gasteiger partial charge on any atom is -0.481 e. The summed E-state index contributed by atoms with van der Waals surface area (Å²) in [7, 11) is 0. The van der Waals surface area contributed by atoms with Crippen LogP contribution in [0.1, 0.15) is 26.2 Å². The van der Waals surface area contributed by atoms with E-state index in [2.05, 4.69) is 0 Å². The molecule has 13 heavy (non-hydrogen) atoms. The molecule has 5 heteroatoms. The number of hydrogen-bond donors (Lipinski definition) is 3. The highest BCUT2D eigenvalue weighted by molar-refractivity contribution is 5.87. The Labute approximate surface area is 76.0 Å². The first-order chi connectivity index (χ1) is 5.99. The molecular weight excluding hydrogens is 176 g/mol. The molecule has 0 aliphatic rings. The van der Waals surface area contributed by atoms with Gasteiger partial charge in [0.25, 0.3) is 0 Å². The maximum atomic E-state index is 11.0. The molecule has 2 atom stereocenters. The minimum atomic E-state index is -1.37. The zero-order valence-corrected chi connectivity index (χ0v) is 7.43. The maximum absolute atomic E-state index is 11.0. The van der Waals surface area contributed by atoms with Gasteiger partial charge in [-0.15, -0.1) is 0 Å². The molecule has 0 bridgehead atoms. The largest absolute Gasteiger partial charge is 0.481 e. The van der Waals surface area contributed by atoms with Gasteiger partial charge in [-0.2, -0.15) is 0 Å². The van der Waals surface area contributed by atoms with E-state index in [1.807, 2.05) is 0 Å². The summed E-state index contributed by atoms with van der Waals surface area (Å²) in [4.78, 5) is 21.1. The molecule has 0 fully saturated rings. The Morgan fingerprint density at radius 3 is 2.15 bits per heavy atom. The van der Waals surface area contributed by atoms with Gasteiger partial charge in [-0.1, -0.05) is 6.92 Å². The number of carboxylic acids is 1. The van der Waals surface area contributed by atoms with Gasteiger partial charge in [0.2, 0.25) is 0 Å². The lowest BCUT2D eigenvalue weighted by Gasteiger charge is -2.11. The molecule has 0 aliphatic carbocycles. The average Bonchev–Trinajstić information content (AvgIpc) is 2.11. The van der Waals surface area contributed by atoms with E-state index in [1.54, 1.807) is 6.92 Å². The Kier molecular flexibility index (Phi) is 5.25. The summed E-state index contributed by atoms with van der Waals surface area (Å²) in [5.41, 5.74) is 0. The van der Waals surface area contributed by atoms with Gasteiger partial charge in [-0.3, -0.25) is 9.59 Å². The molecule has 0 rings (SSSR count). The van der Waals surface area contributed by atoms with Crippen molar-refractivity contribution in [2.24, 2.45) is 0 Å². The van der Waals surface area contributed by atoms with Gasteiger partial charge in [-0.25, -0.2) is 0 Å². The van der Waals surface area contributed by atoms with E-state index < -0.39 is 24.0 Å². The Morgan fingerprint density at radius 1 is 1.23 bits per heavy atom. The van der Waals surface area contributed by atoms with Crippen molar-refractivity contribution in [3.05, 3.63) is 0 Å². The molecule has 5 nitrogen and oxygen atoms in total. The number of carboxylic acid groups (broad SMARTS) is 1. The summed E-state index contributed by atoms with van der Waals surface area (Å²) in [6.07, 6.45) is -2.76. The van der Waals surface area contributed by atoms with E-state index in [9.17, 15) is 9.59 Å². The molecule has 0 spiro atoms. The summed E-state index contributed by atoms with van der Waals surface area (Å²) in [5.74, 6) is -1.78. The molecular formula is C8H14O5. The van der Waals surface area contributed by atoms with Crippen molar-refractivity contribution >= 4 is 11.8 Å². The summed E-state index contributed by atoms with van der Waals surface area (Å²) >= 11 is 0. The Hall–Kier alpha value is -0.940. The topological polar surface area (TPSA) is 94.8 Å². The Bertz CT molecular complexity index is 189. The molecule has 0 aromatic heterocycles. The predicted octanol–water partition coefficient (Wildman–Crippen LogP) is -0.448. The number of carbonyl (C=O) groups is 2. The summed E-state index contributed by atoms with van der Waals surface area (Å²) in [5, 5.41) is 26.4. The van der Waals surface area contributed by atoms with Crippen molar-refractivity contribution in [3.8, 4) is 0 Å². The molecule has 0 aromatic carbocycles. The maximum Gasteiger partial charge on any atom is 0.303 e. The van der Waals surface area contributed by atoms with Crippen molar-refractivity contribution in [3.63, 3.8) is 0 Å². The van der Waals surface area contributed by atoms with E-state index in [4.69, 9.17) is 15.3 Å². The van der Waals surface area contributed by atoms with Gasteiger partial charge >= 0.3 is 5.97 Å². The first-order valence-corrected chi connectivity index (χ1v) is 4.10. The fraction of sp³-hybridized carbons (Fsp3) is 0.750. The third-order valence-corrected chi connectivity index (χ3v) is 1.68. The van der Waals surface area contributed by atoms with Crippen LogP contribution in [-0.2, 0) is 9.59 Å². The monoisotopic (exact) mass is 190 g/mol. The number of aliphatic hydroxyl groups excluding tert-OH is 2. The van der Waals surface area contributed by atoms with Gasteiger partial charge in [-0.05, 0) is 12.8 Å². The molecule has 0 heterocycles. The fourth-order valence-corrected chi connectivity index (χ4v) is 0.826. The SMILES string of the molecule is CCC(O)C(=O)C(O)CCC(=O)O. The minimum absolute atomic E-state index is 0.148. The van der Waals surface area contributed by atoms with Crippen LogP contribution in [0.4, 0.5) is 0 Å². The third-order valence-electron chi connectivity index (χ3n) is 1.68. The molecule has 0 amide bonds. The third kappa shape index (κ3) is 4.59. The highest BCUT2D eigenvalue weighted by Crippen LogP contribution is 2.03. The number of rotatable bonds is 6. The first kappa shape index (κ1) is 12.1. The van der Waals surface area contributed by atoms with Gasteiger partial charge in [0.05, 0.1) is 0 Å². The van der Waals surface area contributed by atoms with Crippen molar-refractivity contribution in [2.75, 3.05) is 0 Å². The van der Waals surface area contributed by atoms with E-state index in [1.165, 1.54) is 0 Å². The summed E-state index contributed by atoms with van der Waals surface area (Å²) in [6.45, 7) is 1.60. The van der Waals surface area contributed by atoms with Gasteiger partial charge < -0.3 is 15.3 Å². The van der Waals surface area contributed by atoms with E-state index in [-0.39, 0.29) is 19.3 Å². The van der Waals surface area contributed by atoms with Crippen LogP contribution in [0.5, 0.6) is 0 Å².